The van der Waals surface area contributed by atoms with Gasteiger partial charge in [-0.15, -0.1) is 0 Å². The molecule has 0 radical (unpaired) electrons. The molecule has 1 unspecified atom stereocenters. The Bertz CT molecular complexity index is 742. The lowest BCUT2D eigenvalue weighted by molar-refractivity contribution is -0.163. The van der Waals surface area contributed by atoms with Crippen LogP contribution in [-0.4, -0.2) is 19.2 Å². The maximum absolute atomic E-state index is 13.2. The Morgan fingerprint density at radius 1 is 1.16 bits per heavy atom. The molecule has 0 saturated carbocycles. The Labute approximate surface area is 142 Å². The van der Waals surface area contributed by atoms with Gasteiger partial charge in [-0.25, -0.2) is 4.39 Å². The van der Waals surface area contributed by atoms with E-state index in [1.165, 1.54) is 7.11 Å². The van der Waals surface area contributed by atoms with Crippen LogP contribution in [0.4, 0.5) is 17.6 Å². The summed E-state index contributed by atoms with van der Waals surface area (Å²) < 4.78 is 57.8. The van der Waals surface area contributed by atoms with Crippen LogP contribution in [0.25, 0.3) is 0 Å². The van der Waals surface area contributed by atoms with Gasteiger partial charge in [0.05, 0.1) is 13.5 Å². The zero-order chi connectivity index (χ0) is 18.6. The van der Waals surface area contributed by atoms with E-state index in [1.54, 1.807) is 18.2 Å². The van der Waals surface area contributed by atoms with Crippen molar-refractivity contribution in [1.29, 1.82) is 0 Å². The van der Waals surface area contributed by atoms with Crippen LogP contribution in [0.15, 0.2) is 42.5 Å². The summed E-state index contributed by atoms with van der Waals surface area (Å²) in [5.74, 6) is -0.892. The smallest absolute Gasteiger partial charge is 0.412 e. The molecule has 1 atom stereocenters. The van der Waals surface area contributed by atoms with Gasteiger partial charge in [-0.2, -0.15) is 13.2 Å². The third-order valence-electron chi connectivity index (χ3n) is 3.67. The van der Waals surface area contributed by atoms with Crippen molar-refractivity contribution in [1.82, 2.24) is 5.32 Å². The summed E-state index contributed by atoms with van der Waals surface area (Å²) in [4.78, 5) is 12.1. The van der Waals surface area contributed by atoms with Gasteiger partial charge in [-0.1, -0.05) is 24.3 Å². The second-order valence-electron chi connectivity index (χ2n) is 5.57. The van der Waals surface area contributed by atoms with Crippen molar-refractivity contribution < 1.29 is 27.1 Å². The Balaban J connectivity index is 2.16. The fraction of sp³-hybridized carbons (Fsp3) is 0.278. The second-order valence-corrected chi connectivity index (χ2v) is 5.57. The Hall–Kier alpha value is -2.57. The number of alkyl halides is 3. The molecule has 0 fully saturated rings. The molecule has 7 heteroatoms. The first-order valence-corrected chi connectivity index (χ1v) is 7.45. The minimum atomic E-state index is -4.70. The molecule has 3 nitrogen and oxygen atoms in total. The van der Waals surface area contributed by atoms with Crippen molar-refractivity contribution in [2.75, 3.05) is 7.11 Å². The van der Waals surface area contributed by atoms with Crippen LogP contribution in [-0.2, 0) is 11.2 Å². The maximum Gasteiger partial charge on any atom is 0.412 e. The molecule has 0 aliphatic rings. The maximum atomic E-state index is 13.2. The van der Waals surface area contributed by atoms with Crippen LogP contribution >= 0.6 is 0 Å². The first-order valence-electron chi connectivity index (χ1n) is 7.45. The highest BCUT2D eigenvalue weighted by molar-refractivity contribution is 5.79. The third kappa shape index (κ3) is 4.95. The van der Waals surface area contributed by atoms with Crippen LogP contribution in [0.1, 0.15) is 22.7 Å². The summed E-state index contributed by atoms with van der Waals surface area (Å²) >= 11 is 0. The average Bonchev–Trinajstić information content (AvgIpc) is 2.54. The van der Waals surface area contributed by atoms with E-state index in [9.17, 15) is 22.4 Å². The number of carbonyl (C=O) groups excluding carboxylic acids is 1. The van der Waals surface area contributed by atoms with Gasteiger partial charge < -0.3 is 10.1 Å². The number of halogens is 4. The number of hydrogen-bond donors (Lipinski definition) is 1. The van der Waals surface area contributed by atoms with E-state index in [0.29, 0.717) is 11.3 Å². The molecule has 0 spiro atoms. The van der Waals surface area contributed by atoms with E-state index in [4.69, 9.17) is 4.74 Å². The third-order valence-corrected chi connectivity index (χ3v) is 3.67. The lowest BCUT2D eigenvalue weighted by Gasteiger charge is -2.22. The summed E-state index contributed by atoms with van der Waals surface area (Å²) in [6, 6.07) is 6.63. The van der Waals surface area contributed by atoms with E-state index in [-0.39, 0.29) is 12.0 Å². The Kier molecular flexibility index (Phi) is 5.66. The topological polar surface area (TPSA) is 38.3 Å². The quantitative estimate of drug-likeness (QED) is 0.820. The van der Waals surface area contributed by atoms with Crippen molar-refractivity contribution in [2.24, 2.45) is 0 Å². The van der Waals surface area contributed by atoms with Gasteiger partial charge in [0.1, 0.15) is 11.6 Å². The van der Waals surface area contributed by atoms with Crippen LogP contribution in [0.2, 0.25) is 0 Å². The monoisotopic (exact) mass is 355 g/mol. The summed E-state index contributed by atoms with van der Waals surface area (Å²) in [6.45, 7) is 1.82. The number of amides is 1. The minimum Gasteiger partial charge on any atom is -0.496 e. The van der Waals surface area contributed by atoms with Crippen LogP contribution < -0.4 is 10.1 Å². The van der Waals surface area contributed by atoms with Gasteiger partial charge in [-0.3, -0.25) is 4.79 Å². The molecular formula is C18H17F4NO2. The Morgan fingerprint density at radius 2 is 1.80 bits per heavy atom. The van der Waals surface area contributed by atoms with E-state index in [2.05, 4.69) is 0 Å². The SMILES string of the molecule is COc1cc(CC(=O)NC(c2ccc(F)cc2)C(F)(F)F)ccc1C. The molecule has 2 aromatic carbocycles. The first kappa shape index (κ1) is 18.8. The number of rotatable bonds is 5. The number of methoxy groups -OCH3 is 1. The number of benzene rings is 2. The summed E-state index contributed by atoms with van der Waals surface area (Å²) in [7, 11) is 1.47. The summed E-state index contributed by atoms with van der Waals surface area (Å²) in [6.07, 6.45) is -4.93. The van der Waals surface area contributed by atoms with E-state index in [1.807, 2.05) is 12.2 Å². The molecule has 0 bridgehead atoms. The summed E-state index contributed by atoms with van der Waals surface area (Å²) in [5.41, 5.74) is 1.15. The number of nitrogens with one attached hydrogen (secondary N) is 1. The van der Waals surface area contributed by atoms with Crippen molar-refractivity contribution in [3.8, 4) is 5.75 Å². The molecule has 0 aliphatic heterocycles. The standard InChI is InChI=1S/C18H17F4NO2/c1-11-3-4-12(9-15(11)25-2)10-16(24)23-17(18(20,21)22)13-5-7-14(19)8-6-13/h3-9,17H,10H2,1-2H3,(H,23,24). The minimum absolute atomic E-state index is 0.232. The zero-order valence-corrected chi connectivity index (χ0v) is 13.7. The molecule has 1 N–H and O–H groups in total. The van der Waals surface area contributed by atoms with Gasteiger partial charge in [0, 0.05) is 0 Å². The molecular weight excluding hydrogens is 338 g/mol. The predicted octanol–water partition coefficient (Wildman–Crippen LogP) is 4.11. The molecule has 134 valence electrons. The van der Waals surface area contributed by atoms with Gasteiger partial charge in [-0.05, 0) is 41.8 Å². The lowest BCUT2D eigenvalue weighted by atomic mass is 10.0. The fourth-order valence-corrected chi connectivity index (χ4v) is 2.38. The number of carbonyl (C=O) groups is 1. The number of hydrogen-bond acceptors (Lipinski definition) is 2. The molecule has 0 heterocycles. The molecule has 25 heavy (non-hydrogen) atoms. The van der Waals surface area contributed by atoms with Gasteiger partial charge in [0.25, 0.3) is 0 Å². The van der Waals surface area contributed by atoms with Crippen molar-refractivity contribution in [2.45, 2.75) is 25.6 Å². The largest absolute Gasteiger partial charge is 0.496 e. The molecule has 1 amide bonds. The lowest BCUT2D eigenvalue weighted by Crippen LogP contribution is -2.38. The molecule has 0 aromatic heterocycles. The normalized spacial score (nSPS) is 12.6. The first-order chi connectivity index (χ1) is 11.7. The van der Waals surface area contributed by atoms with Crippen molar-refractivity contribution in [3.63, 3.8) is 0 Å². The summed E-state index contributed by atoms with van der Waals surface area (Å²) in [5, 5.41) is 1.97. The van der Waals surface area contributed by atoms with Gasteiger partial charge in [0.2, 0.25) is 5.91 Å². The molecule has 0 saturated heterocycles. The van der Waals surface area contributed by atoms with Gasteiger partial charge in [0.15, 0.2) is 6.04 Å². The molecule has 2 aromatic rings. The van der Waals surface area contributed by atoms with Crippen LogP contribution in [0, 0.1) is 12.7 Å². The highest BCUT2D eigenvalue weighted by Crippen LogP contribution is 2.32. The van der Waals surface area contributed by atoms with Crippen molar-refractivity contribution in [3.05, 3.63) is 65.0 Å². The molecule has 0 aliphatic carbocycles. The van der Waals surface area contributed by atoms with Crippen LogP contribution in [0.3, 0.4) is 0 Å². The van der Waals surface area contributed by atoms with E-state index in [0.717, 1.165) is 29.8 Å². The highest BCUT2D eigenvalue weighted by atomic mass is 19.4. The predicted molar refractivity (Wildman–Crippen MR) is 84.8 cm³/mol. The number of ether oxygens (including phenoxy) is 1. The number of aryl methyl sites for hydroxylation is 1. The zero-order valence-electron chi connectivity index (χ0n) is 13.7. The van der Waals surface area contributed by atoms with Gasteiger partial charge >= 0.3 is 6.18 Å². The van der Waals surface area contributed by atoms with E-state index >= 15 is 0 Å². The molecule has 2 rings (SSSR count). The average molecular weight is 355 g/mol. The second kappa shape index (κ2) is 7.55. The van der Waals surface area contributed by atoms with Crippen molar-refractivity contribution >= 4 is 5.91 Å². The Morgan fingerprint density at radius 3 is 2.36 bits per heavy atom. The van der Waals surface area contributed by atoms with Crippen LogP contribution in [0.5, 0.6) is 5.75 Å². The fourth-order valence-electron chi connectivity index (χ4n) is 2.38. The van der Waals surface area contributed by atoms with E-state index < -0.39 is 23.9 Å². The highest BCUT2D eigenvalue weighted by Gasteiger charge is 2.41.